The summed E-state index contributed by atoms with van der Waals surface area (Å²) in [5.74, 6) is 0.808. The van der Waals surface area contributed by atoms with E-state index < -0.39 is 0 Å². The van der Waals surface area contributed by atoms with Gasteiger partial charge in [0.25, 0.3) is 5.91 Å². The van der Waals surface area contributed by atoms with Crippen molar-refractivity contribution >= 4 is 5.91 Å². The van der Waals surface area contributed by atoms with Gasteiger partial charge in [0.05, 0.1) is 6.20 Å². The van der Waals surface area contributed by atoms with Crippen LogP contribution in [0.15, 0.2) is 41.3 Å². The molecule has 2 aromatic rings. The summed E-state index contributed by atoms with van der Waals surface area (Å²) in [5, 5.41) is 12.0. The fourth-order valence-corrected chi connectivity index (χ4v) is 2.11. The van der Waals surface area contributed by atoms with Crippen LogP contribution in [0.1, 0.15) is 30.6 Å². The molecule has 1 aromatic heterocycles. The molecular weight excluding hydrogens is 268 g/mol. The number of nitrogens with one attached hydrogen (secondary N) is 1. The molecule has 2 N–H and O–H groups in total. The minimum absolute atomic E-state index is 0.0311. The van der Waals surface area contributed by atoms with E-state index in [9.17, 15) is 4.79 Å². The Morgan fingerprint density at radius 1 is 1.33 bits per heavy atom. The molecule has 112 valence electrons. The smallest absolute Gasteiger partial charge is 0.251 e. The molecule has 1 heterocycles. The van der Waals surface area contributed by atoms with Crippen LogP contribution < -0.4 is 5.32 Å². The summed E-state index contributed by atoms with van der Waals surface area (Å²) >= 11 is 0. The zero-order valence-electron chi connectivity index (χ0n) is 12.2. The van der Waals surface area contributed by atoms with E-state index in [0.29, 0.717) is 17.7 Å². The van der Waals surface area contributed by atoms with Gasteiger partial charge in [-0.1, -0.05) is 26.0 Å². The summed E-state index contributed by atoms with van der Waals surface area (Å²) in [7, 11) is 0. The minimum Gasteiger partial charge on any atom is -0.444 e. The van der Waals surface area contributed by atoms with Crippen LogP contribution in [-0.2, 0) is 0 Å². The highest BCUT2D eigenvalue weighted by molar-refractivity contribution is 5.94. The zero-order chi connectivity index (χ0) is 15.2. The third-order valence-electron chi connectivity index (χ3n) is 3.43. The Bertz CT molecular complexity index is 562. The third kappa shape index (κ3) is 3.92. The Morgan fingerprint density at radius 2 is 2.05 bits per heavy atom. The van der Waals surface area contributed by atoms with Gasteiger partial charge in [0.1, 0.15) is 0 Å². The van der Waals surface area contributed by atoms with Gasteiger partial charge in [-0.3, -0.25) is 4.79 Å². The summed E-state index contributed by atoms with van der Waals surface area (Å²) in [4.78, 5) is 16.1. The van der Waals surface area contributed by atoms with Crippen molar-refractivity contribution in [3.05, 3.63) is 42.4 Å². The number of carbonyl (C=O) groups excluding carboxylic acids is 1. The Kier molecular flexibility index (Phi) is 5.11. The monoisotopic (exact) mass is 288 g/mol. The van der Waals surface area contributed by atoms with E-state index in [4.69, 9.17) is 9.52 Å². The lowest BCUT2D eigenvalue weighted by Crippen LogP contribution is -2.39. The Labute approximate surface area is 124 Å². The molecule has 0 aliphatic carbocycles. The van der Waals surface area contributed by atoms with Gasteiger partial charge in [-0.15, -0.1) is 0 Å². The zero-order valence-corrected chi connectivity index (χ0v) is 12.2. The molecule has 0 bridgehead atoms. The maximum Gasteiger partial charge on any atom is 0.251 e. The molecule has 0 radical (unpaired) electrons. The first-order valence-corrected chi connectivity index (χ1v) is 7.02. The fraction of sp³-hybridized carbons (Fsp3) is 0.375. The molecule has 0 saturated carbocycles. The molecule has 21 heavy (non-hydrogen) atoms. The van der Waals surface area contributed by atoms with Crippen LogP contribution in [0.4, 0.5) is 0 Å². The molecule has 0 saturated heterocycles. The van der Waals surface area contributed by atoms with Crippen LogP contribution >= 0.6 is 0 Å². The van der Waals surface area contributed by atoms with Gasteiger partial charge in [0, 0.05) is 23.8 Å². The molecule has 1 unspecified atom stereocenters. The highest BCUT2D eigenvalue weighted by atomic mass is 16.3. The van der Waals surface area contributed by atoms with Gasteiger partial charge >= 0.3 is 0 Å². The van der Waals surface area contributed by atoms with Crippen molar-refractivity contribution in [1.82, 2.24) is 10.3 Å². The fourth-order valence-electron chi connectivity index (χ4n) is 2.11. The molecule has 0 aliphatic rings. The predicted octanol–water partition coefficient (Wildman–Crippen LogP) is 2.48. The number of aliphatic hydroxyl groups is 1. The van der Waals surface area contributed by atoms with Crippen molar-refractivity contribution in [1.29, 1.82) is 0 Å². The van der Waals surface area contributed by atoms with Crippen LogP contribution in [-0.4, -0.2) is 28.6 Å². The van der Waals surface area contributed by atoms with E-state index in [-0.39, 0.29) is 24.5 Å². The molecule has 1 atom stereocenters. The van der Waals surface area contributed by atoms with Gasteiger partial charge in [-0.2, -0.15) is 0 Å². The second-order valence-electron chi connectivity index (χ2n) is 5.28. The molecule has 2 rings (SSSR count). The van der Waals surface area contributed by atoms with Crippen LogP contribution in [0.5, 0.6) is 0 Å². The largest absolute Gasteiger partial charge is 0.444 e. The molecule has 0 spiro atoms. The number of aromatic nitrogens is 1. The number of hydrogen-bond donors (Lipinski definition) is 2. The lowest BCUT2D eigenvalue weighted by Gasteiger charge is -2.21. The maximum absolute atomic E-state index is 12.2. The number of rotatable bonds is 6. The molecule has 5 nitrogen and oxygen atoms in total. The van der Waals surface area contributed by atoms with Crippen molar-refractivity contribution < 1.29 is 14.3 Å². The van der Waals surface area contributed by atoms with Gasteiger partial charge in [-0.05, 0) is 24.5 Å². The Hall–Kier alpha value is -2.14. The van der Waals surface area contributed by atoms with Crippen LogP contribution in [0.2, 0.25) is 0 Å². The molecule has 1 amide bonds. The summed E-state index contributed by atoms with van der Waals surface area (Å²) in [6, 6.07) is 7.13. The maximum atomic E-state index is 12.2. The van der Waals surface area contributed by atoms with Crippen LogP contribution in [0.3, 0.4) is 0 Å². The average molecular weight is 288 g/mol. The van der Waals surface area contributed by atoms with E-state index in [1.165, 1.54) is 6.39 Å². The van der Waals surface area contributed by atoms with Crippen molar-refractivity contribution in [2.75, 3.05) is 6.61 Å². The van der Waals surface area contributed by atoms with Crippen LogP contribution in [0.25, 0.3) is 11.3 Å². The van der Waals surface area contributed by atoms with Gasteiger partial charge in [-0.25, -0.2) is 4.98 Å². The van der Waals surface area contributed by atoms with Gasteiger partial charge in [0.2, 0.25) is 0 Å². The Balaban J connectivity index is 2.06. The molecule has 0 fully saturated rings. The standard InChI is InChI=1S/C16H20N2O3/c1-11(2)14(7-8-19)18-16(20)13-5-3-12(4-6-13)15-9-17-10-21-15/h3-6,9-11,14,19H,7-8H2,1-2H3,(H,18,20). The molecule has 0 aliphatic heterocycles. The van der Waals surface area contributed by atoms with Crippen molar-refractivity contribution in [3.63, 3.8) is 0 Å². The van der Waals surface area contributed by atoms with E-state index in [1.54, 1.807) is 18.3 Å². The quantitative estimate of drug-likeness (QED) is 0.856. The van der Waals surface area contributed by atoms with E-state index in [0.717, 1.165) is 5.56 Å². The first-order chi connectivity index (χ1) is 10.1. The SMILES string of the molecule is CC(C)C(CCO)NC(=O)c1ccc(-c2cnco2)cc1. The predicted molar refractivity (Wildman–Crippen MR) is 79.7 cm³/mol. The summed E-state index contributed by atoms with van der Waals surface area (Å²) in [5.41, 5.74) is 1.46. The average Bonchev–Trinajstić information content (AvgIpc) is 3.01. The van der Waals surface area contributed by atoms with Crippen LogP contribution in [0, 0.1) is 5.92 Å². The summed E-state index contributed by atoms with van der Waals surface area (Å²) < 4.78 is 5.21. The molecule has 5 heteroatoms. The highest BCUT2D eigenvalue weighted by Crippen LogP contribution is 2.19. The molecular formula is C16H20N2O3. The second kappa shape index (κ2) is 7.04. The van der Waals surface area contributed by atoms with Crippen molar-refractivity contribution in [3.8, 4) is 11.3 Å². The number of carbonyl (C=O) groups is 1. The number of nitrogens with zero attached hydrogens (tertiary/aromatic N) is 1. The first-order valence-electron chi connectivity index (χ1n) is 7.02. The van der Waals surface area contributed by atoms with E-state index in [2.05, 4.69) is 10.3 Å². The van der Waals surface area contributed by atoms with E-state index in [1.807, 2.05) is 26.0 Å². The highest BCUT2D eigenvalue weighted by Gasteiger charge is 2.16. The van der Waals surface area contributed by atoms with Gasteiger partial charge < -0.3 is 14.8 Å². The number of amides is 1. The second-order valence-corrected chi connectivity index (χ2v) is 5.28. The lowest BCUT2D eigenvalue weighted by molar-refractivity contribution is 0.0916. The molecule has 1 aromatic carbocycles. The first kappa shape index (κ1) is 15.3. The van der Waals surface area contributed by atoms with Crippen molar-refractivity contribution in [2.24, 2.45) is 5.92 Å². The topological polar surface area (TPSA) is 75.4 Å². The Morgan fingerprint density at radius 3 is 2.57 bits per heavy atom. The van der Waals surface area contributed by atoms with E-state index >= 15 is 0 Å². The van der Waals surface area contributed by atoms with Gasteiger partial charge in [0.15, 0.2) is 12.2 Å². The van der Waals surface area contributed by atoms with Crippen molar-refractivity contribution in [2.45, 2.75) is 26.3 Å². The number of hydrogen-bond acceptors (Lipinski definition) is 4. The lowest BCUT2D eigenvalue weighted by atomic mass is 10.0. The summed E-state index contributed by atoms with van der Waals surface area (Å²) in [6.07, 6.45) is 3.56. The number of benzene rings is 1. The summed E-state index contributed by atoms with van der Waals surface area (Å²) in [6.45, 7) is 4.11. The normalized spacial score (nSPS) is 12.4. The number of aliphatic hydroxyl groups excluding tert-OH is 1. The minimum atomic E-state index is -0.133. The number of oxazole rings is 1. The third-order valence-corrected chi connectivity index (χ3v) is 3.43.